The van der Waals surface area contributed by atoms with Crippen molar-refractivity contribution >= 4 is 16.9 Å². The first kappa shape index (κ1) is 16.0. The highest BCUT2D eigenvalue weighted by Gasteiger charge is 2.22. The molecule has 4 rings (SSSR count). The second kappa shape index (κ2) is 6.44. The molecule has 6 heteroatoms. The van der Waals surface area contributed by atoms with E-state index >= 15 is 0 Å². The van der Waals surface area contributed by atoms with E-state index in [1.165, 1.54) is 0 Å². The van der Waals surface area contributed by atoms with Gasteiger partial charge in [-0.05, 0) is 43.4 Å². The van der Waals surface area contributed by atoms with Gasteiger partial charge in [-0.1, -0.05) is 19.9 Å². The number of hydrogen-bond donors (Lipinski definition) is 3. The number of fused-ring (bicyclic) bond motifs is 1. The highest BCUT2D eigenvalue weighted by atomic mass is 15.1. The molecule has 1 saturated carbocycles. The van der Waals surface area contributed by atoms with Crippen LogP contribution in [0.4, 0.5) is 5.95 Å². The van der Waals surface area contributed by atoms with Crippen molar-refractivity contribution in [2.45, 2.75) is 51.1 Å². The van der Waals surface area contributed by atoms with Crippen molar-refractivity contribution in [2.24, 2.45) is 5.73 Å². The molecule has 0 radical (unpaired) electrons. The first-order valence-electron chi connectivity index (χ1n) is 8.93. The molecular weight excluding hydrogens is 312 g/mol. The quantitative estimate of drug-likeness (QED) is 0.679. The van der Waals surface area contributed by atoms with Crippen LogP contribution in [0.2, 0.25) is 0 Å². The van der Waals surface area contributed by atoms with E-state index in [4.69, 9.17) is 10.7 Å². The zero-order valence-corrected chi connectivity index (χ0v) is 14.7. The van der Waals surface area contributed by atoms with Gasteiger partial charge in [0.05, 0.1) is 11.2 Å². The van der Waals surface area contributed by atoms with Crippen molar-refractivity contribution in [1.29, 1.82) is 0 Å². The van der Waals surface area contributed by atoms with E-state index in [1.54, 1.807) is 0 Å². The van der Waals surface area contributed by atoms with E-state index in [9.17, 15) is 0 Å². The van der Waals surface area contributed by atoms with Crippen LogP contribution in [0, 0.1) is 0 Å². The molecular formula is C19H24N6. The summed E-state index contributed by atoms with van der Waals surface area (Å²) in [7, 11) is 0. The van der Waals surface area contributed by atoms with Crippen LogP contribution in [0.1, 0.15) is 44.7 Å². The Bertz CT molecular complexity index is 885. The van der Waals surface area contributed by atoms with Crippen molar-refractivity contribution in [3.05, 3.63) is 36.2 Å². The fourth-order valence-corrected chi connectivity index (χ4v) is 3.55. The van der Waals surface area contributed by atoms with Gasteiger partial charge in [-0.2, -0.15) is 5.10 Å². The Kier molecular flexibility index (Phi) is 4.13. The third-order valence-electron chi connectivity index (χ3n) is 4.92. The second-order valence-electron chi connectivity index (χ2n) is 7.20. The molecule has 3 aromatic rings. The molecule has 0 bridgehead atoms. The first-order chi connectivity index (χ1) is 12.1. The summed E-state index contributed by atoms with van der Waals surface area (Å²) in [6.45, 7) is 4.33. The van der Waals surface area contributed by atoms with Crippen molar-refractivity contribution in [3.8, 4) is 11.3 Å². The summed E-state index contributed by atoms with van der Waals surface area (Å²) in [5, 5.41) is 12.1. The molecule has 130 valence electrons. The summed E-state index contributed by atoms with van der Waals surface area (Å²) in [4.78, 5) is 9.07. The molecule has 1 aliphatic rings. The van der Waals surface area contributed by atoms with E-state index in [1.807, 2.05) is 18.3 Å². The third kappa shape index (κ3) is 3.22. The Labute approximate surface area is 147 Å². The number of nitrogens with zero attached hydrogens (tertiary/aromatic N) is 3. The van der Waals surface area contributed by atoms with Crippen LogP contribution in [0.5, 0.6) is 0 Å². The number of H-pyrrole nitrogens is 1. The lowest BCUT2D eigenvalue weighted by Gasteiger charge is -2.13. The average Bonchev–Trinajstić information content (AvgIpc) is 3.20. The molecule has 0 aliphatic heterocycles. The monoisotopic (exact) mass is 336 g/mol. The predicted molar refractivity (Wildman–Crippen MR) is 100 cm³/mol. The molecule has 1 aliphatic carbocycles. The van der Waals surface area contributed by atoms with Gasteiger partial charge < -0.3 is 11.1 Å². The maximum atomic E-state index is 5.99. The van der Waals surface area contributed by atoms with E-state index < -0.39 is 0 Å². The summed E-state index contributed by atoms with van der Waals surface area (Å²) < 4.78 is 0. The van der Waals surface area contributed by atoms with Gasteiger partial charge in [-0.3, -0.25) is 5.10 Å². The normalized spacial score (nSPS) is 20.5. The fourth-order valence-electron chi connectivity index (χ4n) is 3.55. The maximum Gasteiger partial charge on any atom is 0.223 e. The molecule has 0 amide bonds. The number of benzene rings is 1. The standard InChI is InChI=1S/C19H24N6/c1-11(2)18-15-9-12(3-6-17(15)24-25-18)16-7-8-21-19(23-16)22-14-5-4-13(20)10-14/h3,6-9,11,13-14H,4-5,10,20H2,1-2H3,(H,24,25)(H,21,22,23). The molecule has 2 atom stereocenters. The molecule has 2 aromatic heterocycles. The minimum absolute atomic E-state index is 0.290. The van der Waals surface area contributed by atoms with Gasteiger partial charge in [-0.25, -0.2) is 9.97 Å². The van der Waals surface area contributed by atoms with E-state index in [0.29, 0.717) is 23.9 Å². The Hall–Kier alpha value is -2.47. The molecule has 4 N–H and O–H groups in total. The van der Waals surface area contributed by atoms with Gasteiger partial charge in [0.2, 0.25) is 5.95 Å². The largest absolute Gasteiger partial charge is 0.351 e. The lowest BCUT2D eigenvalue weighted by molar-refractivity contribution is 0.685. The summed E-state index contributed by atoms with van der Waals surface area (Å²) >= 11 is 0. The van der Waals surface area contributed by atoms with Crippen LogP contribution in [0.3, 0.4) is 0 Å². The predicted octanol–water partition coefficient (Wildman–Crippen LogP) is 3.44. The second-order valence-corrected chi connectivity index (χ2v) is 7.20. The first-order valence-corrected chi connectivity index (χ1v) is 8.93. The zero-order valence-electron chi connectivity index (χ0n) is 14.7. The van der Waals surface area contributed by atoms with Gasteiger partial charge in [0, 0.05) is 34.9 Å². The summed E-state index contributed by atoms with van der Waals surface area (Å²) in [6.07, 6.45) is 4.93. The number of anilines is 1. The van der Waals surface area contributed by atoms with Crippen LogP contribution in [0.25, 0.3) is 22.2 Å². The van der Waals surface area contributed by atoms with Crippen molar-refractivity contribution in [2.75, 3.05) is 5.32 Å². The van der Waals surface area contributed by atoms with Gasteiger partial charge in [0.1, 0.15) is 0 Å². The van der Waals surface area contributed by atoms with Crippen LogP contribution in [0.15, 0.2) is 30.5 Å². The number of rotatable bonds is 4. The van der Waals surface area contributed by atoms with E-state index in [-0.39, 0.29) is 0 Å². The molecule has 2 heterocycles. The number of nitrogens with one attached hydrogen (secondary N) is 2. The number of aromatic nitrogens is 4. The van der Waals surface area contributed by atoms with Gasteiger partial charge in [-0.15, -0.1) is 0 Å². The Morgan fingerprint density at radius 2 is 2.12 bits per heavy atom. The van der Waals surface area contributed by atoms with Crippen molar-refractivity contribution in [1.82, 2.24) is 20.2 Å². The van der Waals surface area contributed by atoms with Crippen LogP contribution in [-0.2, 0) is 0 Å². The highest BCUT2D eigenvalue weighted by Crippen LogP contribution is 2.28. The van der Waals surface area contributed by atoms with Crippen LogP contribution in [-0.4, -0.2) is 32.2 Å². The Morgan fingerprint density at radius 3 is 2.88 bits per heavy atom. The maximum absolute atomic E-state index is 5.99. The lowest BCUT2D eigenvalue weighted by atomic mass is 10.0. The average molecular weight is 336 g/mol. The summed E-state index contributed by atoms with van der Waals surface area (Å²) in [6, 6.07) is 8.87. The zero-order chi connectivity index (χ0) is 17.4. The van der Waals surface area contributed by atoms with Crippen LogP contribution >= 0.6 is 0 Å². The van der Waals surface area contributed by atoms with E-state index in [2.05, 4.69) is 46.5 Å². The summed E-state index contributed by atoms with van der Waals surface area (Å²) in [5.74, 6) is 1.07. The van der Waals surface area contributed by atoms with E-state index in [0.717, 1.165) is 47.1 Å². The Morgan fingerprint density at radius 1 is 1.24 bits per heavy atom. The van der Waals surface area contributed by atoms with Gasteiger partial charge in [0.25, 0.3) is 0 Å². The molecule has 2 unspecified atom stereocenters. The topological polar surface area (TPSA) is 92.5 Å². The van der Waals surface area contributed by atoms with Crippen molar-refractivity contribution in [3.63, 3.8) is 0 Å². The molecule has 1 aromatic carbocycles. The van der Waals surface area contributed by atoms with Gasteiger partial charge in [0.15, 0.2) is 0 Å². The summed E-state index contributed by atoms with van der Waals surface area (Å²) in [5.41, 5.74) is 10.1. The molecule has 0 spiro atoms. The fraction of sp³-hybridized carbons (Fsp3) is 0.421. The Balaban J connectivity index is 1.64. The minimum atomic E-state index is 0.290. The molecule has 25 heavy (non-hydrogen) atoms. The number of aromatic amines is 1. The smallest absolute Gasteiger partial charge is 0.223 e. The van der Waals surface area contributed by atoms with Crippen LogP contribution < -0.4 is 11.1 Å². The number of nitrogens with two attached hydrogens (primary N) is 1. The molecule has 1 fully saturated rings. The third-order valence-corrected chi connectivity index (χ3v) is 4.92. The molecule has 6 nitrogen and oxygen atoms in total. The highest BCUT2D eigenvalue weighted by molar-refractivity contribution is 5.86. The SMILES string of the molecule is CC(C)c1[nH]nc2ccc(-c3ccnc(NC4CCC(N)C4)n3)cc12. The van der Waals surface area contributed by atoms with Crippen molar-refractivity contribution < 1.29 is 0 Å². The molecule has 0 saturated heterocycles. The number of hydrogen-bond acceptors (Lipinski definition) is 5. The lowest BCUT2D eigenvalue weighted by Crippen LogP contribution is -2.21. The van der Waals surface area contributed by atoms with Gasteiger partial charge >= 0.3 is 0 Å². The minimum Gasteiger partial charge on any atom is -0.351 e.